The molecule has 1 atom stereocenters. The minimum atomic E-state index is -2.69. The lowest BCUT2D eigenvalue weighted by atomic mass is 10.1. The number of aryl methyl sites for hydroxylation is 2. The molecule has 1 N–H and O–H groups in total. The van der Waals surface area contributed by atoms with Gasteiger partial charge in [-0.05, 0) is 12.0 Å². The van der Waals surface area contributed by atoms with Gasteiger partial charge in [-0.25, -0.2) is 8.78 Å². The summed E-state index contributed by atoms with van der Waals surface area (Å²) < 4.78 is 31.3. The Hall–Kier alpha value is -1.82. The van der Waals surface area contributed by atoms with Gasteiger partial charge < -0.3 is 4.52 Å². The Bertz CT molecular complexity index is 571. The first-order valence-corrected chi connectivity index (χ1v) is 6.60. The first-order chi connectivity index (χ1) is 9.62. The van der Waals surface area contributed by atoms with Crippen LogP contribution < -0.4 is 5.32 Å². The van der Waals surface area contributed by atoms with Gasteiger partial charge in [-0.2, -0.15) is 4.98 Å². The average molecular weight is 279 g/mol. The van der Waals surface area contributed by atoms with Gasteiger partial charge in [0.25, 0.3) is 5.92 Å². The second kappa shape index (κ2) is 5.28. The van der Waals surface area contributed by atoms with Crippen molar-refractivity contribution in [1.82, 2.24) is 15.5 Å². The van der Waals surface area contributed by atoms with E-state index in [1.54, 1.807) is 0 Å². The molecule has 0 amide bonds. The fourth-order valence-corrected chi connectivity index (χ4v) is 2.30. The Morgan fingerprint density at radius 3 is 2.75 bits per heavy atom. The van der Waals surface area contributed by atoms with E-state index in [9.17, 15) is 8.78 Å². The van der Waals surface area contributed by atoms with Gasteiger partial charge in [-0.3, -0.25) is 5.32 Å². The second-order valence-corrected chi connectivity index (χ2v) is 5.03. The molecule has 1 aromatic carbocycles. The van der Waals surface area contributed by atoms with Crippen LogP contribution in [0.5, 0.6) is 0 Å². The van der Waals surface area contributed by atoms with Crippen molar-refractivity contribution in [1.29, 1.82) is 0 Å². The quantitative estimate of drug-likeness (QED) is 0.934. The number of alkyl halides is 2. The third kappa shape index (κ3) is 3.01. The minimum Gasteiger partial charge on any atom is -0.338 e. The fraction of sp³-hybridized carbons (Fsp3) is 0.429. The highest BCUT2D eigenvalue weighted by atomic mass is 19.3. The van der Waals surface area contributed by atoms with Gasteiger partial charge in [0.05, 0.1) is 12.6 Å². The van der Waals surface area contributed by atoms with E-state index in [0.29, 0.717) is 12.2 Å². The highest BCUT2D eigenvalue weighted by Gasteiger charge is 2.42. The largest absolute Gasteiger partial charge is 0.338 e. The van der Waals surface area contributed by atoms with Gasteiger partial charge in [-0.1, -0.05) is 35.5 Å². The maximum atomic E-state index is 13.1. The first-order valence-electron chi connectivity index (χ1n) is 6.60. The summed E-state index contributed by atoms with van der Waals surface area (Å²) in [6.07, 6.45) is 1.15. The first kappa shape index (κ1) is 13.2. The number of aromatic nitrogens is 2. The summed E-state index contributed by atoms with van der Waals surface area (Å²) in [6.45, 7) is -0.334. The van der Waals surface area contributed by atoms with Crippen molar-refractivity contribution in [2.24, 2.45) is 0 Å². The summed E-state index contributed by atoms with van der Waals surface area (Å²) >= 11 is 0. The third-order valence-corrected chi connectivity index (χ3v) is 3.37. The van der Waals surface area contributed by atoms with E-state index < -0.39 is 12.0 Å². The predicted octanol–water partition coefficient (Wildman–Crippen LogP) is 2.52. The molecule has 1 saturated heterocycles. The fourth-order valence-electron chi connectivity index (χ4n) is 2.30. The van der Waals surface area contributed by atoms with Crippen molar-refractivity contribution >= 4 is 0 Å². The molecule has 0 saturated carbocycles. The number of rotatable bonds is 4. The topological polar surface area (TPSA) is 51.0 Å². The molecule has 20 heavy (non-hydrogen) atoms. The zero-order chi connectivity index (χ0) is 14.0. The van der Waals surface area contributed by atoms with E-state index in [-0.39, 0.29) is 18.9 Å². The molecule has 1 aliphatic rings. The SMILES string of the molecule is FC1(F)CNC(c2nc(CCc3ccccc3)no2)C1. The zero-order valence-corrected chi connectivity index (χ0v) is 10.9. The van der Waals surface area contributed by atoms with Crippen molar-refractivity contribution in [3.63, 3.8) is 0 Å². The average Bonchev–Trinajstić information content (AvgIpc) is 3.04. The molecule has 4 nitrogen and oxygen atoms in total. The predicted molar refractivity (Wildman–Crippen MR) is 68.5 cm³/mol. The summed E-state index contributed by atoms with van der Waals surface area (Å²) in [7, 11) is 0. The van der Waals surface area contributed by atoms with Gasteiger partial charge in [0.2, 0.25) is 5.89 Å². The molecule has 1 aromatic heterocycles. The van der Waals surface area contributed by atoms with Crippen LogP contribution in [0.1, 0.15) is 29.7 Å². The molecule has 0 aliphatic carbocycles. The molecule has 1 aliphatic heterocycles. The van der Waals surface area contributed by atoms with E-state index in [1.807, 2.05) is 30.3 Å². The lowest BCUT2D eigenvalue weighted by Gasteiger charge is -2.04. The molecule has 106 valence electrons. The standard InChI is InChI=1S/C14H15F2N3O/c15-14(16)8-11(17-9-14)13-18-12(19-20-13)7-6-10-4-2-1-3-5-10/h1-5,11,17H,6-9H2. The van der Waals surface area contributed by atoms with Crippen LogP contribution in [0.15, 0.2) is 34.9 Å². The molecule has 1 unspecified atom stereocenters. The van der Waals surface area contributed by atoms with Gasteiger partial charge >= 0.3 is 0 Å². The molecular weight excluding hydrogens is 264 g/mol. The number of nitrogens with one attached hydrogen (secondary N) is 1. The normalized spacial score (nSPS) is 21.2. The van der Waals surface area contributed by atoms with E-state index in [4.69, 9.17) is 4.52 Å². The summed E-state index contributed by atoms with van der Waals surface area (Å²) in [5, 5.41) is 6.56. The lowest BCUT2D eigenvalue weighted by Crippen LogP contribution is -2.19. The molecular formula is C14H15F2N3O. The summed E-state index contributed by atoms with van der Waals surface area (Å²) in [4.78, 5) is 4.20. The lowest BCUT2D eigenvalue weighted by molar-refractivity contribution is 0.0200. The molecule has 0 spiro atoms. The Kier molecular flexibility index (Phi) is 3.48. The smallest absolute Gasteiger partial charge is 0.262 e. The highest BCUT2D eigenvalue weighted by Crippen LogP contribution is 2.33. The monoisotopic (exact) mass is 279 g/mol. The van der Waals surface area contributed by atoms with E-state index >= 15 is 0 Å². The Balaban J connectivity index is 1.60. The summed E-state index contributed by atoms with van der Waals surface area (Å²) in [5.41, 5.74) is 1.18. The second-order valence-electron chi connectivity index (χ2n) is 5.03. The van der Waals surface area contributed by atoms with E-state index in [0.717, 1.165) is 6.42 Å². The van der Waals surface area contributed by atoms with Crippen molar-refractivity contribution in [2.75, 3.05) is 6.54 Å². The van der Waals surface area contributed by atoms with Crippen molar-refractivity contribution in [2.45, 2.75) is 31.2 Å². The number of hydrogen-bond acceptors (Lipinski definition) is 4. The van der Waals surface area contributed by atoms with Crippen LogP contribution in [0, 0.1) is 0 Å². The van der Waals surface area contributed by atoms with Crippen LogP contribution >= 0.6 is 0 Å². The molecule has 1 fully saturated rings. The van der Waals surface area contributed by atoms with Crippen molar-refractivity contribution in [3.8, 4) is 0 Å². The molecule has 0 bridgehead atoms. The van der Waals surface area contributed by atoms with E-state index in [1.165, 1.54) is 5.56 Å². The maximum absolute atomic E-state index is 13.1. The molecule has 6 heteroatoms. The van der Waals surface area contributed by atoms with Crippen LogP contribution in [-0.2, 0) is 12.8 Å². The minimum absolute atomic E-state index is 0.255. The third-order valence-electron chi connectivity index (χ3n) is 3.37. The van der Waals surface area contributed by atoms with Crippen molar-refractivity contribution in [3.05, 3.63) is 47.6 Å². The van der Waals surface area contributed by atoms with Crippen LogP contribution in [0.2, 0.25) is 0 Å². The van der Waals surface area contributed by atoms with Crippen LogP contribution in [0.3, 0.4) is 0 Å². The van der Waals surface area contributed by atoms with Gasteiger partial charge in [0, 0.05) is 12.8 Å². The van der Waals surface area contributed by atoms with Gasteiger partial charge in [0.15, 0.2) is 5.82 Å². The zero-order valence-electron chi connectivity index (χ0n) is 10.9. The van der Waals surface area contributed by atoms with Gasteiger partial charge in [-0.15, -0.1) is 0 Å². The van der Waals surface area contributed by atoms with Crippen LogP contribution in [-0.4, -0.2) is 22.6 Å². The molecule has 3 rings (SSSR count). The molecule has 0 radical (unpaired) electrons. The number of halogens is 2. The number of benzene rings is 1. The van der Waals surface area contributed by atoms with Crippen LogP contribution in [0.4, 0.5) is 8.78 Å². The van der Waals surface area contributed by atoms with Gasteiger partial charge in [0.1, 0.15) is 0 Å². The Morgan fingerprint density at radius 2 is 2.05 bits per heavy atom. The molecule has 2 heterocycles. The summed E-state index contributed by atoms with van der Waals surface area (Å²) in [6, 6.07) is 9.42. The Labute approximate surface area is 115 Å². The van der Waals surface area contributed by atoms with Crippen molar-refractivity contribution < 1.29 is 13.3 Å². The van der Waals surface area contributed by atoms with E-state index in [2.05, 4.69) is 15.5 Å². The summed E-state index contributed by atoms with van der Waals surface area (Å²) in [5.74, 6) is -1.88. The number of hydrogen-bond donors (Lipinski definition) is 1. The maximum Gasteiger partial charge on any atom is 0.262 e. The number of nitrogens with zero attached hydrogens (tertiary/aromatic N) is 2. The Morgan fingerprint density at radius 1 is 1.25 bits per heavy atom. The highest BCUT2D eigenvalue weighted by molar-refractivity contribution is 5.15. The van der Waals surface area contributed by atoms with Crippen LogP contribution in [0.25, 0.3) is 0 Å². The molecule has 2 aromatic rings.